The van der Waals surface area contributed by atoms with Gasteiger partial charge < -0.3 is 16.4 Å². The van der Waals surface area contributed by atoms with Crippen LogP contribution in [0.25, 0.3) is 0 Å². The summed E-state index contributed by atoms with van der Waals surface area (Å²) < 4.78 is 43.0. The molecule has 4 rings (SSSR count). The Kier molecular flexibility index (Phi) is 9.15. The minimum atomic E-state index is -3.38. The summed E-state index contributed by atoms with van der Waals surface area (Å²) in [6.45, 7) is 7.00. The third-order valence-corrected chi connectivity index (χ3v) is 10.4. The number of hydrogen-bond donors (Lipinski definition) is 3. The molecule has 4 N–H and O–H groups in total. The van der Waals surface area contributed by atoms with Gasteiger partial charge in [-0.25, -0.2) is 12.8 Å². The lowest BCUT2D eigenvalue weighted by Gasteiger charge is -2.40. The van der Waals surface area contributed by atoms with Gasteiger partial charge in [-0.2, -0.15) is 4.31 Å². The maximum absolute atomic E-state index is 15.0. The highest BCUT2D eigenvalue weighted by atomic mass is 35.5. The van der Waals surface area contributed by atoms with Crippen LogP contribution in [0, 0.1) is 11.7 Å². The summed E-state index contributed by atoms with van der Waals surface area (Å²) >= 11 is 6.04. The molecule has 1 amide bonds. The van der Waals surface area contributed by atoms with Gasteiger partial charge in [0.25, 0.3) is 0 Å². The third-order valence-electron chi connectivity index (χ3n) is 7.62. The van der Waals surface area contributed by atoms with Crippen LogP contribution in [0.1, 0.15) is 57.1 Å². The zero-order valence-electron chi connectivity index (χ0n) is 22.2. The molecule has 2 aromatic rings. The SMILES string of the molecule is CC(C)C(c1ccc(Cl)cc1)[C@H](N)C(=O)Nc1cccc(F)c1CC[C@H]1CNC[C@@H](C)N1S(=O)(=O)C1CC1. The monoisotopic (exact) mass is 564 g/mol. The van der Waals surface area contributed by atoms with E-state index in [1.54, 1.807) is 28.6 Å². The minimum absolute atomic E-state index is 0.0732. The lowest BCUT2D eigenvalue weighted by atomic mass is 9.82. The number of amides is 1. The average molecular weight is 565 g/mol. The van der Waals surface area contributed by atoms with Crippen LogP contribution < -0.4 is 16.4 Å². The van der Waals surface area contributed by atoms with Crippen LogP contribution in [0.4, 0.5) is 10.1 Å². The Morgan fingerprint density at radius 3 is 2.50 bits per heavy atom. The molecule has 1 heterocycles. The molecule has 4 atom stereocenters. The molecule has 7 nitrogen and oxygen atoms in total. The first-order chi connectivity index (χ1) is 18.0. The van der Waals surface area contributed by atoms with Crippen molar-refractivity contribution in [1.29, 1.82) is 0 Å². The number of sulfonamides is 1. The molecular formula is C28H38ClFN4O3S. The van der Waals surface area contributed by atoms with Crippen LogP contribution in [-0.4, -0.2) is 55.1 Å². The quantitative estimate of drug-likeness (QED) is 0.400. The Bertz CT molecular complexity index is 1240. The summed E-state index contributed by atoms with van der Waals surface area (Å²) in [7, 11) is -3.38. The predicted octanol–water partition coefficient (Wildman–Crippen LogP) is 4.27. The van der Waals surface area contributed by atoms with Crippen LogP contribution in [0.3, 0.4) is 0 Å². The number of halogens is 2. The molecule has 2 aromatic carbocycles. The molecule has 1 aliphatic carbocycles. The highest BCUT2D eigenvalue weighted by Gasteiger charge is 2.45. The van der Waals surface area contributed by atoms with Crippen molar-refractivity contribution in [2.24, 2.45) is 11.7 Å². The van der Waals surface area contributed by atoms with Crippen molar-refractivity contribution in [3.8, 4) is 0 Å². The number of rotatable bonds is 10. The van der Waals surface area contributed by atoms with E-state index in [0.29, 0.717) is 48.6 Å². The molecule has 1 saturated heterocycles. The maximum atomic E-state index is 15.0. The van der Waals surface area contributed by atoms with E-state index >= 15 is 4.39 Å². The van der Waals surface area contributed by atoms with E-state index in [9.17, 15) is 13.2 Å². The van der Waals surface area contributed by atoms with Crippen molar-refractivity contribution in [3.63, 3.8) is 0 Å². The van der Waals surface area contributed by atoms with Crippen LogP contribution in [0.5, 0.6) is 0 Å². The number of nitrogens with zero attached hydrogens (tertiary/aromatic N) is 1. The summed E-state index contributed by atoms with van der Waals surface area (Å²) in [4.78, 5) is 13.3. The Morgan fingerprint density at radius 1 is 1.18 bits per heavy atom. The molecule has 0 spiro atoms. The fourth-order valence-corrected chi connectivity index (χ4v) is 7.91. The van der Waals surface area contributed by atoms with Crippen molar-refractivity contribution >= 4 is 33.2 Å². The summed E-state index contributed by atoms with van der Waals surface area (Å²) in [5, 5.41) is 6.46. The normalized spacial score (nSPS) is 22.3. The van der Waals surface area contributed by atoms with Crippen LogP contribution in [0.2, 0.25) is 5.02 Å². The summed E-state index contributed by atoms with van der Waals surface area (Å²) in [6, 6.07) is 10.5. The van der Waals surface area contributed by atoms with Gasteiger partial charge in [-0.3, -0.25) is 4.79 Å². The number of carbonyl (C=O) groups is 1. The fraction of sp³-hybridized carbons (Fsp3) is 0.536. The Labute approximate surface area is 230 Å². The first kappa shape index (κ1) is 29.0. The lowest BCUT2D eigenvalue weighted by molar-refractivity contribution is -0.118. The molecule has 2 aliphatic rings. The Morgan fingerprint density at radius 2 is 1.87 bits per heavy atom. The predicted molar refractivity (Wildman–Crippen MR) is 150 cm³/mol. The molecular weight excluding hydrogens is 527 g/mol. The molecule has 0 radical (unpaired) electrons. The number of anilines is 1. The standard InChI is InChI=1S/C28H38ClFN4O3S/c1-17(2)26(19-7-9-20(29)10-8-19)27(31)28(35)33-25-6-4-5-24(30)23(25)14-11-21-16-32-15-18(3)34(21)38(36,37)22-12-13-22/h4-10,17-18,21-22,26-27,32H,11-16,31H2,1-3H3,(H,33,35)/t18-,21+,26?,27+/m1/s1. The van der Waals surface area contributed by atoms with Gasteiger partial charge in [0.1, 0.15) is 5.82 Å². The van der Waals surface area contributed by atoms with Gasteiger partial charge in [-0.05, 0) is 68.4 Å². The maximum Gasteiger partial charge on any atom is 0.241 e. The van der Waals surface area contributed by atoms with E-state index in [1.165, 1.54) is 6.07 Å². The van der Waals surface area contributed by atoms with E-state index < -0.39 is 27.8 Å². The van der Waals surface area contributed by atoms with E-state index in [1.807, 2.05) is 32.9 Å². The molecule has 1 aliphatic heterocycles. The Balaban J connectivity index is 1.51. The second kappa shape index (κ2) is 12.0. The van der Waals surface area contributed by atoms with Crippen molar-refractivity contribution in [2.75, 3.05) is 18.4 Å². The van der Waals surface area contributed by atoms with Gasteiger partial charge in [0.05, 0.1) is 11.3 Å². The molecule has 38 heavy (non-hydrogen) atoms. The summed E-state index contributed by atoms with van der Waals surface area (Å²) in [5.74, 6) is -1.04. The van der Waals surface area contributed by atoms with Crippen LogP contribution in [-0.2, 0) is 21.2 Å². The molecule has 0 aromatic heterocycles. The molecule has 208 valence electrons. The second-order valence-corrected chi connectivity index (χ2v) is 13.4. The van der Waals surface area contributed by atoms with Gasteiger partial charge in [-0.15, -0.1) is 0 Å². The van der Waals surface area contributed by atoms with Crippen molar-refractivity contribution in [2.45, 2.75) is 75.7 Å². The highest BCUT2D eigenvalue weighted by molar-refractivity contribution is 7.90. The van der Waals surface area contributed by atoms with Crippen LogP contribution in [0.15, 0.2) is 42.5 Å². The zero-order chi connectivity index (χ0) is 27.6. The van der Waals surface area contributed by atoms with E-state index in [-0.39, 0.29) is 35.6 Å². The number of hydrogen-bond acceptors (Lipinski definition) is 5. The van der Waals surface area contributed by atoms with Crippen molar-refractivity contribution in [3.05, 3.63) is 64.4 Å². The zero-order valence-corrected chi connectivity index (χ0v) is 23.7. The van der Waals surface area contributed by atoms with Gasteiger partial charge in [0.15, 0.2) is 0 Å². The van der Waals surface area contributed by atoms with Gasteiger partial charge >= 0.3 is 0 Å². The molecule has 1 saturated carbocycles. The third kappa shape index (κ3) is 6.39. The van der Waals surface area contributed by atoms with Crippen molar-refractivity contribution in [1.82, 2.24) is 9.62 Å². The number of nitrogens with one attached hydrogen (secondary N) is 2. The smallest absolute Gasteiger partial charge is 0.241 e. The van der Waals surface area contributed by atoms with Gasteiger partial charge in [0, 0.05) is 47.4 Å². The number of benzene rings is 2. The second-order valence-electron chi connectivity index (χ2n) is 10.9. The summed E-state index contributed by atoms with van der Waals surface area (Å²) in [5.41, 5.74) is 8.07. The fourth-order valence-electron chi connectivity index (χ4n) is 5.54. The average Bonchev–Trinajstić information content (AvgIpc) is 3.71. The van der Waals surface area contributed by atoms with E-state index in [4.69, 9.17) is 17.3 Å². The van der Waals surface area contributed by atoms with Gasteiger partial charge in [-0.1, -0.05) is 43.6 Å². The lowest BCUT2D eigenvalue weighted by Crippen LogP contribution is -2.59. The molecule has 10 heteroatoms. The van der Waals surface area contributed by atoms with Crippen molar-refractivity contribution < 1.29 is 17.6 Å². The number of piperazine rings is 1. The molecule has 1 unspecified atom stereocenters. The largest absolute Gasteiger partial charge is 0.324 e. The first-order valence-corrected chi connectivity index (χ1v) is 15.2. The minimum Gasteiger partial charge on any atom is -0.324 e. The summed E-state index contributed by atoms with van der Waals surface area (Å²) in [6.07, 6.45) is 2.10. The Hall–Kier alpha value is -2.04. The number of nitrogens with two attached hydrogens (primary N) is 1. The van der Waals surface area contributed by atoms with E-state index in [2.05, 4.69) is 10.6 Å². The number of carbonyl (C=O) groups excluding carboxylic acids is 1. The van der Waals surface area contributed by atoms with Gasteiger partial charge in [0.2, 0.25) is 15.9 Å². The first-order valence-electron chi connectivity index (χ1n) is 13.3. The van der Waals surface area contributed by atoms with Crippen LogP contribution >= 0.6 is 11.6 Å². The topological polar surface area (TPSA) is 105 Å². The van der Waals surface area contributed by atoms with E-state index in [0.717, 1.165) is 5.56 Å². The molecule has 2 fully saturated rings. The highest BCUT2D eigenvalue weighted by Crippen LogP contribution is 2.35. The molecule has 0 bridgehead atoms.